The Hall–Kier alpha value is -1.66. The van der Waals surface area contributed by atoms with Crippen LogP contribution in [-0.2, 0) is 12.8 Å². The zero-order valence-electron chi connectivity index (χ0n) is 16.1. The van der Waals surface area contributed by atoms with Crippen LogP contribution in [-0.4, -0.2) is 58.7 Å². The van der Waals surface area contributed by atoms with E-state index < -0.39 is 0 Å². The van der Waals surface area contributed by atoms with Crippen LogP contribution in [0.4, 0.5) is 0 Å². The van der Waals surface area contributed by atoms with Gasteiger partial charge in [0, 0.05) is 34.9 Å². The molecule has 1 fully saturated rings. The number of aromatic nitrogens is 2. The van der Waals surface area contributed by atoms with Gasteiger partial charge in [-0.15, -0.1) is 0 Å². The van der Waals surface area contributed by atoms with Gasteiger partial charge in [-0.25, -0.2) is 4.68 Å². The summed E-state index contributed by atoms with van der Waals surface area (Å²) in [7, 11) is 4.25. The summed E-state index contributed by atoms with van der Waals surface area (Å²) in [6.07, 6.45) is 6.32. The first-order valence-corrected chi connectivity index (χ1v) is 10.7. The third kappa shape index (κ3) is 3.69. The topological polar surface area (TPSA) is 41.4 Å². The molecule has 1 amide bonds. The van der Waals surface area contributed by atoms with Gasteiger partial charge in [0.25, 0.3) is 5.91 Å². The lowest BCUT2D eigenvalue weighted by Crippen LogP contribution is -2.44. The monoisotopic (exact) mass is 430 g/mol. The minimum Gasteiger partial charge on any atom is -0.337 e. The van der Waals surface area contributed by atoms with Gasteiger partial charge in [-0.05, 0) is 70.8 Å². The highest BCUT2D eigenvalue weighted by molar-refractivity contribution is 9.10. The molecule has 1 aliphatic carbocycles. The Labute approximate surface area is 169 Å². The number of amides is 1. The Balaban J connectivity index is 1.64. The summed E-state index contributed by atoms with van der Waals surface area (Å²) >= 11 is 3.55. The summed E-state index contributed by atoms with van der Waals surface area (Å²) < 4.78 is 3.03. The number of fused-ring (bicyclic) bond motifs is 1. The fourth-order valence-corrected chi connectivity index (χ4v) is 4.71. The number of halogens is 1. The van der Waals surface area contributed by atoms with Crippen LogP contribution in [0.15, 0.2) is 28.7 Å². The van der Waals surface area contributed by atoms with Gasteiger partial charge in [0.15, 0.2) is 5.69 Å². The smallest absolute Gasteiger partial charge is 0.274 e. The van der Waals surface area contributed by atoms with Crippen molar-refractivity contribution < 1.29 is 4.79 Å². The van der Waals surface area contributed by atoms with Crippen LogP contribution < -0.4 is 0 Å². The van der Waals surface area contributed by atoms with E-state index in [2.05, 4.69) is 47.1 Å². The molecule has 2 aliphatic rings. The lowest BCUT2D eigenvalue weighted by molar-refractivity contribution is 0.0656. The zero-order chi connectivity index (χ0) is 19.0. The summed E-state index contributed by atoms with van der Waals surface area (Å²) in [5, 5.41) is 4.83. The predicted molar refractivity (Wildman–Crippen MR) is 111 cm³/mol. The number of hydrogen-bond acceptors (Lipinski definition) is 3. The number of piperidine rings is 1. The van der Waals surface area contributed by atoms with E-state index in [1.54, 1.807) is 0 Å². The summed E-state index contributed by atoms with van der Waals surface area (Å²) in [4.78, 5) is 17.6. The molecule has 0 atom stereocenters. The van der Waals surface area contributed by atoms with Gasteiger partial charge in [-0.2, -0.15) is 5.10 Å². The maximum Gasteiger partial charge on any atom is 0.274 e. The van der Waals surface area contributed by atoms with Crippen molar-refractivity contribution in [3.05, 3.63) is 45.7 Å². The van der Waals surface area contributed by atoms with Crippen molar-refractivity contribution in [3.63, 3.8) is 0 Å². The lowest BCUT2D eigenvalue weighted by Gasteiger charge is -2.35. The highest BCUT2D eigenvalue weighted by Crippen LogP contribution is 2.29. The molecule has 4 rings (SSSR count). The van der Waals surface area contributed by atoms with Crippen LogP contribution in [0.2, 0.25) is 0 Å². The van der Waals surface area contributed by atoms with E-state index in [-0.39, 0.29) is 5.91 Å². The molecule has 5 nitrogen and oxygen atoms in total. The molecule has 1 aromatic carbocycles. The van der Waals surface area contributed by atoms with Crippen LogP contribution >= 0.6 is 15.9 Å². The normalized spacial score (nSPS) is 18.0. The average molecular weight is 431 g/mol. The van der Waals surface area contributed by atoms with Gasteiger partial charge in [-0.1, -0.05) is 22.0 Å². The van der Waals surface area contributed by atoms with Crippen molar-refractivity contribution in [2.24, 2.45) is 0 Å². The molecule has 0 spiro atoms. The van der Waals surface area contributed by atoms with E-state index >= 15 is 0 Å². The molecule has 27 heavy (non-hydrogen) atoms. The van der Waals surface area contributed by atoms with E-state index in [1.165, 1.54) is 11.3 Å². The van der Waals surface area contributed by atoms with Gasteiger partial charge in [0.1, 0.15) is 0 Å². The molecule has 0 bridgehead atoms. The molecule has 0 unspecified atom stereocenters. The van der Waals surface area contributed by atoms with Gasteiger partial charge in [0.05, 0.1) is 5.69 Å². The van der Waals surface area contributed by atoms with Crippen molar-refractivity contribution >= 4 is 21.8 Å². The van der Waals surface area contributed by atoms with E-state index in [0.717, 1.165) is 61.8 Å². The van der Waals surface area contributed by atoms with Crippen molar-refractivity contribution in [1.29, 1.82) is 0 Å². The maximum absolute atomic E-state index is 13.3. The van der Waals surface area contributed by atoms with E-state index in [1.807, 2.05) is 21.7 Å². The molecule has 1 aromatic heterocycles. The number of hydrogen-bond donors (Lipinski definition) is 0. The van der Waals surface area contributed by atoms with Gasteiger partial charge < -0.3 is 9.80 Å². The number of likely N-dealkylation sites (tertiary alicyclic amines) is 1. The number of rotatable bonds is 3. The van der Waals surface area contributed by atoms with E-state index in [0.29, 0.717) is 11.7 Å². The van der Waals surface area contributed by atoms with E-state index in [4.69, 9.17) is 5.10 Å². The molecule has 0 N–H and O–H groups in total. The predicted octanol–water partition coefficient (Wildman–Crippen LogP) is 3.68. The SMILES string of the molecule is CN(C)C1CCN(C(=O)c2nn(-c3cccc(Br)c3)c3c2CCCC3)CC1. The molecule has 2 heterocycles. The Bertz CT molecular complexity index is 837. The molecule has 1 aliphatic heterocycles. The molecule has 144 valence electrons. The Morgan fingerprint density at radius 1 is 1.19 bits per heavy atom. The summed E-state index contributed by atoms with van der Waals surface area (Å²) in [6, 6.07) is 8.73. The van der Waals surface area contributed by atoms with Crippen LogP contribution in [0.3, 0.4) is 0 Å². The number of carbonyl (C=O) groups is 1. The summed E-state index contributed by atoms with van der Waals surface area (Å²) in [5.74, 6) is 0.110. The van der Waals surface area contributed by atoms with Crippen molar-refractivity contribution in [3.8, 4) is 5.69 Å². The van der Waals surface area contributed by atoms with Crippen LogP contribution in [0.1, 0.15) is 47.4 Å². The van der Waals surface area contributed by atoms with Crippen molar-refractivity contribution in [2.45, 2.75) is 44.6 Å². The Morgan fingerprint density at radius 3 is 2.63 bits per heavy atom. The standard InChI is InChI=1S/C21H27BrN4O/c1-24(2)16-10-12-25(13-11-16)21(27)20-18-8-3-4-9-19(18)26(23-20)17-7-5-6-15(22)14-17/h5-7,14,16H,3-4,8-13H2,1-2H3. The molecule has 6 heteroatoms. The molecule has 2 aromatic rings. The van der Waals surface area contributed by atoms with Gasteiger partial charge in [0.2, 0.25) is 0 Å². The van der Waals surface area contributed by atoms with Crippen LogP contribution in [0.5, 0.6) is 0 Å². The molecule has 0 saturated carbocycles. The third-order valence-electron chi connectivity index (χ3n) is 5.92. The van der Waals surface area contributed by atoms with Crippen molar-refractivity contribution in [1.82, 2.24) is 19.6 Å². The average Bonchev–Trinajstić information content (AvgIpc) is 3.07. The second-order valence-electron chi connectivity index (χ2n) is 7.86. The molecule has 0 radical (unpaired) electrons. The number of carbonyl (C=O) groups excluding carboxylic acids is 1. The van der Waals surface area contributed by atoms with E-state index in [9.17, 15) is 4.79 Å². The van der Waals surface area contributed by atoms with Crippen molar-refractivity contribution in [2.75, 3.05) is 27.2 Å². The van der Waals surface area contributed by atoms with Gasteiger partial charge in [-0.3, -0.25) is 4.79 Å². The minimum atomic E-state index is 0.110. The first-order valence-electron chi connectivity index (χ1n) is 9.87. The first kappa shape index (κ1) is 18.7. The molecular weight excluding hydrogens is 404 g/mol. The fourth-order valence-electron chi connectivity index (χ4n) is 4.33. The Kier molecular flexibility index (Phi) is 5.37. The largest absolute Gasteiger partial charge is 0.337 e. The second-order valence-corrected chi connectivity index (χ2v) is 8.78. The van der Waals surface area contributed by atoms with Gasteiger partial charge >= 0.3 is 0 Å². The Morgan fingerprint density at radius 2 is 1.93 bits per heavy atom. The summed E-state index contributed by atoms with van der Waals surface area (Å²) in [6.45, 7) is 1.64. The number of nitrogens with zero attached hydrogens (tertiary/aromatic N) is 4. The molecular formula is C21H27BrN4O. The zero-order valence-corrected chi connectivity index (χ0v) is 17.7. The maximum atomic E-state index is 13.3. The quantitative estimate of drug-likeness (QED) is 0.745. The minimum absolute atomic E-state index is 0.110. The first-order chi connectivity index (χ1) is 13.0. The highest BCUT2D eigenvalue weighted by atomic mass is 79.9. The summed E-state index contributed by atoms with van der Waals surface area (Å²) in [5.41, 5.74) is 4.08. The lowest BCUT2D eigenvalue weighted by atomic mass is 9.94. The van der Waals surface area contributed by atoms with Crippen LogP contribution in [0, 0.1) is 0 Å². The van der Waals surface area contributed by atoms with Crippen LogP contribution in [0.25, 0.3) is 5.69 Å². The fraction of sp³-hybridized carbons (Fsp3) is 0.524. The second kappa shape index (κ2) is 7.76. The number of benzene rings is 1. The highest BCUT2D eigenvalue weighted by Gasteiger charge is 2.31. The molecule has 1 saturated heterocycles. The third-order valence-corrected chi connectivity index (χ3v) is 6.41.